The first-order valence-electron chi connectivity index (χ1n) is 4.54. The molecule has 4 heteroatoms. The van der Waals surface area contributed by atoms with E-state index in [0.717, 1.165) is 21.3 Å². The van der Waals surface area contributed by atoms with Crippen LogP contribution < -0.4 is 0 Å². The quantitative estimate of drug-likeness (QED) is 0.746. The molecule has 2 rings (SSSR count). The van der Waals surface area contributed by atoms with Crippen molar-refractivity contribution in [3.63, 3.8) is 0 Å². The molecule has 0 aliphatic rings. The molecule has 78 valence electrons. The molecule has 1 heterocycles. The Hall–Kier alpha value is -0.930. The Morgan fingerprint density at radius 3 is 2.47 bits per heavy atom. The van der Waals surface area contributed by atoms with Crippen LogP contribution in [-0.2, 0) is 7.05 Å². The molecule has 2 aromatic rings. The molecular weight excluding hydrogens is 228 g/mol. The second-order valence-electron chi connectivity index (χ2n) is 3.20. The molecule has 0 aliphatic heterocycles. The molecule has 1 aromatic carbocycles. The summed E-state index contributed by atoms with van der Waals surface area (Å²) in [5.41, 5.74) is 2.08. The minimum absolute atomic E-state index is 0.750. The minimum atomic E-state index is 0.750. The Morgan fingerprint density at radius 1 is 1.27 bits per heavy atom. The van der Waals surface area contributed by atoms with Gasteiger partial charge in [0.1, 0.15) is 0 Å². The molecule has 0 fully saturated rings. The molecule has 0 aliphatic carbocycles. The molecule has 0 bridgehead atoms. The van der Waals surface area contributed by atoms with Gasteiger partial charge in [0.2, 0.25) is 0 Å². The van der Waals surface area contributed by atoms with Gasteiger partial charge in [-0.15, -0.1) is 11.8 Å². The van der Waals surface area contributed by atoms with E-state index in [1.54, 1.807) is 11.8 Å². The van der Waals surface area contributed by atoms with Gasteiger partial charge in [0.25, 0.3) is 0 Å². The lowest BCUT2D eigenvalue weighted by atomic mass is 10.2. The average Bonchev–Trinajstić information content (AvgIpc) is 2.61. The molecule has 2 nitrogen and oxygen atoms in total. The highest BCUT2D eigenvalue weighted by Gasteiger charge is 2.05. The number of halogens is 1. The fourth-order valence-electron chi connectivity index (χ4n) is 1.40. The molecule has 1 aromatic heterocycles. The average molecular weight is 239 g/mol. The summed E-state index contributed by atoms with van der Waals surface area (Å²) in [6.45, 7) is 0. The highest BCUT2D eigenvalue weighted by molar-refractivity contribution is 7.98. The minimum Gasteiger partial charge on any atom is -0.262 e. The van der Waals surface area contributed by atoms with Crippen LogP contribution >= 0.6 is 23.4 Å². The highest BCUT2D eigenvalue weighted by Crippen LogP contribution is 2.24. The molecule has 0 saturated heterocycles. The fourth-order valence-corrected chi connectivity index (χ4v) is 2.06. The van der Waals surface area contributed by atoms with Crippen molar-refractivity contribution >= 4 is 23.4 Å². The molecular formula is C11H11ClN2S. The fraction of sp³-hybridized carbons (Fsp3) is 0.182. The predicted molar refractivity (Wildman–Crippen MR) is 65.4 cm³/mol. The molecule has 15 heavy (non-hydrogen) atoms. The van der Waals surface area contributed by atoms with Crippen LogP contribution in [0, 0.1) is 0 Å². The SMILES string of the molecule is CSc1cc(-c2ccc(Cl)cc2)nn1C. The van der Waals surface area contributed by atoms with Crippen molar-refractivity contribution in [2.45, 2.75) is 5.03 Å². The third kappa shape index (κ3) is 2.19. The summed E-state index contributed by atoms with van der Waals surface area (Å²) >= 11 is 7.52. The molecule has 0 atom stereocenters. The van der Waals surface area contributed by atoms with Gasteiger partial charge >= 0.3 is 0 Å². The number of thioether (sulfide) groups is 1. The number of aromatic nitrogens is 2. The Kier molecular flexibility index (Phi) is 3.03. The van der Waals surface area contributed by atoms with E-state index >= 15 is 0 Å². The van der Waals surface area contributed by atoms with Crippen LogP contribution in [0.25, 0.3) is 11.3 Å². The second kappa shape index (κ2) is 4.29. The first-order chi connectivity index (χ1) is 7.20. The lowest BCUT2D eigenvalue weighted by Crippen LogP contribution is -1.91. The Labute approximate surface area is 98.3 Å². The zero-order valence-electron chi connectivity index (χ0n) is 8.57. The summed E-state index contributed by atoms with van der Waals surface area (Å²) < 4.78 is 1.88. The molecule has 0 spiro atoms. The van der Waals surface area contributed by atoms with Gasteiger partial charge in [-0.3, -0.25) is 4.68 Å². The maximum absolute atomic E-state index is 5.83. The van der Waals surface area contributed by atoms with Crippen LogP contribution in [0.2, 0.25) is 5.02 Å². The third-order valence-electron chi connectivity index (χ3n) is 2.19. The lowest BCUT2D eigenvalue weighted by molar-refractivity contribution is 0.702. The Bertz CT molecular complexity index is 462. The largest absolute Gasteiger partial charge is 0.262 e. The number of aryl methyl sites for hydroxylation is 1. The zero-order valence-corrected chi connectivity index (χ0v) is 10.1. The predicted octanol–water partition coefficient (Wildman–Crippen LogP) is 3.46. The first kappa shape index (κ1) is 10.6. The van der Waals surface area contributed by atoms with E-state index in [-0.39, 0.29) is 0 Å². The normalized spacial score (nSPS) is 10.6. The number of hydrogen-bond acceptors (Lipinski definition) is 2. The van der Waals surface area contributed by atoms with Gasteiger partial charge in [0.05, 0.1) is 10.7 Å². The van der Waals surface area contributed by atoms with Crippen LogP contribution in [0.15, 0.2) is 35.4 Å². The van der Waals surface area contributed by atoms with Gasteiger partial charge in [-0.25, -0.2) is 0 Å². The van der Waals surface area contributed by atoms with Gasteiger partial charge in [-0.05, 0) is 24.5 Å². The smallest absolute Gasteiger partial charge is 0.0940 e. The van der Waals surface area contributed by atoms with Crippen molar-refractivity contribution < 1.29 is 0 Å². The maximum atomic E-state index is 5.83. The van der Waals surface area contributed by atoms with Crippen molar-refractivity contribution in [1.82, 2.24) is 9.78 Å². The first-order valence-corrected chi connectivity index (χ1v) is 6.15. The maximum Gasteiger partial charge on any atom is 0.0940 e. The standard InChI is InChI=1S/C11H11ClN2S/c1-14-11(15-2)7-10(13-14)8-3-5-9(12)6-4-8/h3-7H,1-2H3. The van der Waals surface area contributed by atoms with Crippen molar-refractivity contribution in [1.29, 1.82) is 0 Å². The van der Waals surface area contributed by atoms with E-state index < -0.39 is 0 Å². The van der Waals surface area contributed by atoms with Crippen molar-refractivity contribution in [2.24, 2.45) is 7.05 Å². The van der Waals surface area contributed by atoms with Crippen molar-refractivity contribution in [2.75, 3.05) is 6.26 Å². The van der Waals surface area contributed by atoms with Gasteiger partial charge in [0, 0.05) is 17.6 Å². The lowest BCUT2D eigenvalue weighted by Gasteiger charge is -1.95. The Balaban J connectivity index is 2.41. The summed E-state index contributed by atoms with van der Waals surface area (Å²) in [5, 5.41) is 6.34. The summed E-state index contributed by atoms with van der Waals surface area (Å²) in [6, 6.07) is 9.80. The van der Waals surface area contributed by atoms with Crippen LogP contribution in [0.3, 0.4) is 0 Å². The molecule has 0 unspecified atom stereocenters. The van der Waals surface area contributed by atoms with Gasteiger partial charge in [0.15, 0.2) is 0 Å². The monoisotopic (exact) mass is 238 g/mol. The van der Waals surface area contributed by atoms with E-state index in [2.05, 4.69) is 11.2 Å². The summed E-state index contributed by atoms with van der Waals surface area (Å²) in [5.74, 6) is 0. The van der Waals surface area contributed by atoms with Gasteiger partial charge in [-0.2, -0.15) is 5.10 Å². The zero-order chi connectivity index (χ0) is 10.8. The molecule has 0 N–H and O–H groups in total. The van der Waals surface area contributed by atoms with Crippen LogP contribution in [0.5, 0.6) is 0 Å². The molecule has 0 amide bonds. The van der Waals surface area contributed by atoms with Crippen molar-refractivity contribution in [3.8, 4) is 11.3 Å². The van der Waals surface area contributed by atoms with Gasteiger partial charge in [-0.1, -0.05) is 23.7 Å². The third-order valence-corrected chi connectivity index (χ3v) is 3.24. The van der Waals surface area contributed by atoms with Crippen LogP contribution in [-0.4, -0.2) is 16.0 Å². The molecule has 0 radical (unpaired) electrons. The number of rotatable bonds is 2. The van der Waals surface area contributed by atoms with E-state index in [1.807, 2.05) is 42.3 Å². The second-order valence-corrected chi connectivity index (χ2v) is 4.47. The van der Waals surface area contributed by atoms with Gasteiger partial charge < -0.3 is 0 Å². The Morgan fingerprint density at radius 2 is 1.93 bits per heavy atom. The highest BCUT2D eigenvalue weighted by atomic mass is 35.5. The summed E-state index contributed by atoms with van der Waals surface area (Å²) in [7, 11) is 1.95. The van der Waals surface area contributed by atoms with E-state index in [4.69, 9.17) is 11.6 Å². The number of benzene rings is 1. The van der Waals surface area contributed by atoms with E-state index in [9.17, 15) is 0 Å². The summed E-state index contributed by atoms with van der Waals surface area (Å²) in [4.78, 5) is 0. The van der Waals surface area contributed by atoms with E-state index in [0.29, 0.717) is 0 Å². The van der Waals surface area contributed by atoms with Crippen LogP contribution in [0.1, 0.15) is 0 Å². The molecule has 0 saturated carbocycles. The summed E-state index contributed by atoms with van der Waals surface area (Å²) in [6.07, 6.45) is 2.04. The number of nitrogens with zero attached hydrogens (tertiary/aromatic N) is 2. The van der Waals surface area contributed by atoms with E-state index in [1.165, 1.54) is 0 Å². The van der Waals surface area contributed by atoms with Crippen molar-refractivity contribution in [3.05, 3.63) is 35.4 Å². The topological polar surface area (TPSA) is 17.8 Å². The number of hydrogen-bond donors (Lipinski definition) is 0. The van der Waals surface area contributed by atoms with Crippen LogP contribution in [0.4, 0.5) is 0 Å².